The molecular weight excluding hydrogens is 1410 g/mol. The average Bonchev–Trinajstić information content (AvgIpc) is 1.81. The molecule has 2 unspecified atom stereocenters. The van der Waals surface area contributed by atoms with Gasteiger partial charge in [-0.05, 0) is 62.3 Å². The zero-order valence-corrected chi connectivity index (χ0v) is 64.6. The molecule has 0 aliphatic heterocycles. The standard InChI is InChI=1S/6C7H13N2.C5H8N2.2C2H6O4S.CH2O3.3CH4.Na.3H2O4S/c6*1-4-9-6-5-8(3)7(9)2;1-5-6-3-4-7(5)2;2*1-2-6-7(3,4)5;2-1-4-3;;;;;1-5(2,3)4;2*1-4-5(2)3/h6*5-6H,4H2,1-3H3;3-4H,1-2H3;2*2H2,1H3,(H,3,4,5);1,3H;3*1H4;;(H2,1,2,3,4);2*1H,(H,2,3)/q6*+1;;;;;;;;+1;;;/p-9. The van der Waals surface area contributed by atoms with Crippen LogP contribution < -0.4 is 72.7 Å². The van der Waals surface area contributed by atoms with Crippen molar-refractivity contribution in [1.82, 2.24) is 37.0 Å². The summed E-state index contributed by atoms with van der Waals surface area (Å²) in [6, 6.07) is 0. The maximum Gasteiger partial charge on any atom is 1.00 e. The second kappa shape index (κ2) is 64.9. The van der Waals surface area contributed by atoms with Crippen LogP contribution in [-0.2, 0) is 169 Å². The van der Waals surface area contributed by atoms with Gasteiger partial charge in [0.1, 0.15) is 80.2 Å². The number of carbonyl (C=O) groups is 1. The first-order valence-electron chi connectivity index (χ1n) is 27.8. The van der Waals surface area contributed by atoms with Gasteiger partial charge in [-0.1, -0.05) is 22.3 Å². The van der Waals surface area contributed by atoms with Crippen molar-refractivity contribution in [3.63, 3.8) is 0 Å². The minimum absolute atomic E-state index is 0. The minimum atomic E-state index is -5.17. The molecule has 98 heavy (non-hydrogen) atoms. The van der Waals surface area contributed by atoms with E-state index in [4.69, 9.17) is 55.6 Å². The van der Waals surface area contributed by atoms with E-state index in [1.165, 1.54) is 48.8 Å². The molecule has 2 atom stereocenters. The molecule has 0 saturated carbocycles. The van der Waals surface area contributed by atoms with Crippen molar-refractivity contribution in [2.24, 2.45) is 49.3 Å². The molecule has 0 radical (unpaired) electrons. The zero-order valence-electron chi connectivity index (χ0n) is 58.5. The Bertz CT molecular complexity index is 3050. The molecule has 0 spiro atoms. The normalized spacial score (nSPS) is 10.2. The van der Waals surface area contributed by atoms with Gasteiger partial charge < -0.3 is 61.2 Å². The number of carbonyl (C=O) groups excluding carboxylic acids is 1. The third-order valence-electron chi connectivity index (χ3n) is 12.2. The van der Waals surface area contributed by atoms with Gasteiger partial charge in [-0.15, -0.1) is 0 Å². The summed E-state index contributed by atoms with van der Waals surface area (Å²) in [6.07, 6.45) is 28.7. The van der Waals surface area contributed by atoms with Gasteiger partial charge in [0.2, 0.25) is 20.8 Å². The molecule has 0 aliphatic carbocycles. The van der Waals surface area contributed by atoms with E-state index in [0.717, 1.165) is 45.1 Å². The second-order valence-corrected chi connectivity index (χ2v) is 21.8. The Hall–Kier alpha value is -5.43. The van der Waals surface area contributed by atoms with Crippen LogP contribution in [0.3, 0.4) is 0 Å². The molecule has 7 heterocycles. The van der Waals surface area contributed by atoms with E-state index in [0.29, 0.717) is 0 Å². The number of hydrogen-bond donors (Lipinski definition) is 0. The van der Waals surface area contributed by atoms with Crippen LogP contribution in [0.25, 0.3) is 0 Å². The summed E-state index contributed by atoms with van der Waals surface area (Å²) in [4.78, 5) is 15.2. The Labute approximate surface area is 609 Å². The van der Waals surface area contributed by atoms with Crippen molar-refractivity contribution >= 4 is 60.4 Å². The average molecular weight is 1520 g/mol. The van der Waals surface area contributed by atoms with Crippen molar-refractivity contribution < 1.29 is 160 Å². The molecule has 0 fully saturated rings. The van der Waals surface area contributed by atoms with Gasteiger partial charge in [0.25, 0.3) is 41.4 Å². The Kier molecular flexibility index (Phi) is 75.4. The fourth-order valence-corrected chi connectivity index (χ4v) is 6.90. The van der Waals surface area contributed by atoms with E-state index < -0.39 is 53.9 Å². The number of rotatable bonds is 13. The predicted molar refractivity (Wildman–Crippen MR) is 345 cm³/mol. The van der Waals surface area contributed by atoms with E-state index in [-0.39, 0.29) is 71.5 Å². The third-order valence-corrected chi connectivity index (χ3v) is 13.4. The topological polar surface area (TPSA) is 478 Å². The van der Waals surface area contributed by atoms with E-state index in [9.17, 15) is 25.9 Å². The summed E-state index contributed by atoms with van der Waals surface area (Å²) >= 11 is -5.76. The summed E-state index contributed by atoms with van der Waals surface area (Å²) < 4.78 is 166. The molecule has 43 heteroatoms. The molecule has 7 rings (SSSR count). The van der Waals surface area contributed by atoms with E-state index in [1.54, 1.807) is 6.20 Å². The zero-order chi connectivity index (χ0) is 74.7. The predicted octanol–water partition coefficient (Wildman–Crippen LogP) is -4.31. The Morgan fingerprint density at radius 1 is 0.439 bits per heavy atom. The Balaban J connectivity index is -0.000000107. The number of imidazole rings is 7. The van der Waals surface area contributed by atoms with Crippen molar-refractivity contribution in [3.05, 3.63) is 128 Å². The molecular formula is C55H109N14NaO23S5-2. The maximum atomic E-state index is 9.45. The van der Waals surface area contributed by atoms with Gasteiger partial charge in [-0.2, -0.15) is 0 Å². The van der Waals surface area contributed by atoms with Gasteiger partial charge in [-0.25, -0.2) is 85.0 Å². The van der Waals surface area contributed by atoms with E-state index in [2.05, 4.69) is 281 Å². The van der Waals surface area contributed by atoms with Crippen LogP contribution >= 0.6 is 0 Å². The van der Waals surface area contributed by atoms with Crippen molar-refractivity contribution in [3.8, 4) is 0 Å². The largest absolute Gasteiger partial charge is 1.00 e. The van der Waals surface area contributed by atoms with Crippen molar-refractivity contribution in [2.75, 3.05) is 13.2 Å². The summed E-state index contributed by atoms with van der Waals surface area (Å²) in [5.41, 5.74) is 0. The first-order chi connectivity index (χ1) is 43.4. The molecule has 0 aliphatic rings. The molecule has 570 valence electrons. The molecule has 0 saturated heterocycles. The van der Waals surface area contributed by atoms with E-state index >= 15 is 0 Å². The van der Waals surface area contributed by atoms with Gasteiger partial charge in [0, 0.05) is 71.4 Å². The Morgan fingerprint density at radius 3 is 0.633 bits per heavy atom. The third kappa shape index (κ3) is 62.8. The number of nitrogens with zero attached hydrogens (tertiary/aromatic N) is 14. The molecule has 0 aromatic carbocycles. The van der Waals surface area contributed by atoms with Crippen LogP contribution in [0.15, 0.2) is 86.8 Å². The quantitative estimate of drug-likeness (QED) is 0.0154. The monoisotopic (exact) mass is 1520 g/mol. The minimum Gasteiger partial charge on any atom is -0.759 e. The van der Waals surface area contributed by atoms with Crippen molar-refractivity contribution in [2.45, 2.75) is 165 Å². The first-order valence-corrected chi connectivity index (χ1v) is 33.8. The summed E-state index contributed by atoms with van der Waals surface area (Å²) in [5.74, 6) is 8.88. The van der Waals surface area contributed by atoms with Gasteiger partial charge >= 0.3 is 29.6 Å². The number of aromatic nitrogens is 14. The molecule has 0 N–H and O–H groups in total. The smallest absolute Gasteiger partial charge is 0.759 e. The number of aryl methyl sites for hydroxylation is 14. The van der Waals surface area contributed by atoms with Crippen LogP contribution in [0, 0.1) is 48.5 Å². The molecule has 0 amide bonds. The van der Waals surface area contributed by atoms with Crippen LogP contribution in [0.5, 0.6) is 0 Å². The fourth-order valence-electron chi connectivity index (χ4n) is 6.33. The van der Waals surface area contributed by atoms with Crippen LogP contribution in [0.1, 0.15) is 118 Å². The van der Waals surface area contributed by atoms with Crippen LogP contribution in [0.4, 0.5) is 0 Å². The molecule has 37 nitrogen and oxygen atoms in total. The summed E-state index contributed by atoms with van der Waals surface area (Å²) in [7, 11) is 0.302. The molecule has 7 aromatic heterocycles. The molecule has 7 aromatic rings. The summed E-state index contributed by atoms with van der Waals surface area (Å²) in [6.45, 7) is 36.4. The van der Waals surface area contributed by atoms with Gasteiger partial charge in [0.05, 0.1) is 117 Å². The van der Waals surface area contributed by atoms with Gasteiger partial charge in [0.15, 0.2) is 0 Å². The van der Waals surface area contributed by atoms with Crippen molar-refractivity contribution in [1.29, 1.82) is 0 Å². The molecule has 0 bridgehead atoms. The fraction of sp³-hybridized carbons (Fsp3) is 0.600. The second-order valence-electron chi connectivity index (χ2n) is 17.8. The summed E-state index contributed by atoms with van der Waals surface area (Å²) in [5, 5.41) is 25.5. The first kappa shape index (κ1) is 114. The SMILES string of the molecule is C.C.C.CCOS(=O)(=O)[O-].CCOS(=O)(=O)[O-].CCn1cc[n+](C)c1C.CCn1cc[n+](C)c1C.CCn1cc[n+](C)c1C.CCn1cc[n+](C)c1C.CCn1cc[n+](C)c1C.CCn1cc[n+](C)c1C.Cc1nccn1C.O=CO[O-].O=S(=O)([O-])[O-].O=S([O-])O[O-].O=S([O-])O[O-].[Na+]. The van der Waals surface area contributed by atoms with E-state index in [1.807, 2.05) is 24.7 Å². The maximum absolute atomic E-state index is 9.45. The van der Waals surface area contributed by atoms with Crippen LogP contribution in [-0.4, -0.2) is 118 Å². The van der Waals surface area contributed by atoms with Gasteiger partial charge in [-0.3, -0.25) is 21.6 Å². The number of hydrogen-bond acceptors (Lipinski definition) is 24. The van der Waals surface area contributed by atoms with Crippen LogP contribution in [0.2, 0.25) is 0 Å². The Morgan fingerprint density at radius 2 is 0.602 bits per heavy atom.